The van der Waals surface area contributed by atoms with E-state index in [0.717, 1.165) is 0 Å². The summed E-state index contributed by atoms with van der Waals surface area (Å²) in [7, 11) is 2.91. The van der Waals surface area contributed by atoms with Crippen molar-refractivity contribution in [3.63, 3.8) is 0 Å². The topological polar surface area (TPSA) is 115 Å². The van der Waals surface area contributed by atoms with Crippen LogP contribution in [0.2, 0.25) is 0 Å². The summed E-state index contributed by atoms with van der Waals surface area (Å²) in [6.07, 6.45) is 0.0176. The first kappa shape index (κ1) is 21.3. The van der Waals surface area contributed by atoms with Gasteiger partial charge in [0, 0.05) is 5.39 Å². The Morgan fingerprint density at radius 3 is 2.43 bits per heavy atom. The van der Waals surface area contributed by atoms with Crippen LogP contribution in [-0.2, 0) is 16.0 Å². The molecule has 0 aliphatic carbocycles. The summed E-state index contributed by atoms with van der Waals surface area (Å²) in [6.45, 7) is 5.44. The molecule has 0 radical (unpaired) electrons. The van der Waals surface area contributed by atoms with Crippen LogP contribution in [0.1, 0.15) is 31.4 Å². The highest BCUT2D eigenvalue weighted by molar-refractivity contribution is 5.90. The third-order valence-corrected chi connectivity index (χ3v) is 4.48. The van der Waals surface area contributed by atoms with Gasteiger partial charge in [-0.05, 0) is 37.0 Å². The number of methoxy groups -OCH3 is 2. The van der Waals surface area contributed by atoms with Crippen LogP contribution in [0, 0.1) is 12.8 Å². The van der Waals surface area contributed by atoms with Crippen molar-refractivity contribution in [2.24, 2.45) is 5.92 Å². The number of ether oxygens (including phenoxy) is 2. The van der Waals surface area contributed by atoms with Gasteiger partial charge in [-0.15, -0.1) is 0 Å². The fraction of sp³-hybridized carbons (Fsp3) is 0.450. The lowest BCUT2D eigenvalue weighted by Gasteiger charge is -2.17. The molecule has 1 atom stereocenters. The van der Waals surface area contributed by atoms with Crippen molar-refractivity contribution in [1.82, 2.24) is 5.32 Å². The first-order chi connectivity index (χ1) is 13.2. The predicted octanol–water partition coefficient (Wildman–Crippen LogP) is 2.28. The molecule has 0 saturated heterocycles. The molecule has 2 aromatic rings. The van der Waals surface area contributed by atoms with E-state index in [1.807, 2.05) is 13.8 Å². The average Bonchev–Trinajstić information content (AvgIpc) is 2.63. The minimum atomic E-state index is -1.11. The largest absolute Gasteiger partial charge is 0.493 e. The van der Waals surface area contributed by atoms with Gasteiger partial charge in [0.2, 0.25) is 11.7 Å². The molecule has 2 rings (SSSR count). The number of hydrogen-bond donors (Lipinski definition) is 2. The molecule has 2 N–H and O–H groups in total. The summed E-state index contributed by atoms with van der Waals surface area (Å²) in [4.78, 5) is 36.2. The van der Waals surface area contributed by atoms with Crippen LogP contribution in [-0.4, -0.2) is 37.2 Å². The lowest BCUT2D eigenvalue weighted by Crippen LogP contribution is -2.42. The summed E-state index contributed by atoms with van der Waals surface area (Å²) in [5, 5.41) is 12.4. The standard InChI is InChI=1S/C20H25NO7/c1-10(2)8-14(19(23)24)21-16(22)9-13-11(3)12-6-7-15(26-4)18(27-5)17(12)28-20(13)25/h6-7,10,14H,8-9H2,1-5H3,(H,21,22)(H,23,24)/t14-/m1/s1. The lowest BCUT2D eigenvalue weighted by molar-refractivity contribution is -0.142. The van der Waals surface area contributed by atoms with E-state index in [2.05, 4.69) is 5.32 Å². The predicted molar refractivity (Wildman–Crippen MR) is 103 cm³/mol. The number of carbonyl (C=O) groups is 2. The number of aliphatic carboxylic acids is 1. The van der Waals surface area contributed by atoms with Gasteiger partial charge in [0.1, 0.15) is 6.04 Å². The Hall–Kier alpha value is -3.03. The van der Waals surface area contributed by atoms with Gasteiger partial charge in [0.05, 0.1) is 26.2 Å². The summed E-state index contributed by atoms with van der Waals surface area (Å²) >= 11 is 0. The van der Waals surface area contributed by atoms with Gasteiger partial charge in [-0.2, -0.15) is 0 Å². The highest BCUT2D eigenvalue weighted by atomic mass is 16.5. The van der Waals surface area contributed by atoms with Crippen LogP contribution in [0.5, 0.6) is 11.5 Å². The smallest absolute Gasteiger partial charge is 0.340 e. The maximum atomic E-state index is 12.5. The van der Waals surface area contributed by atoms with Gasteiger partial charge in [0.15, 0.2) is 11.3 Å². The van der Waals surface area contributed by atoms with E-state index in [9.17, 15) is 19.5 Å². The second-order valence-corrected chi connectivity index (χ2v) is 6.94. The molecule has 8 nitrogen and oxygen atoms in total. The van der Waals surface area contributed by atoms with Gasteiger partial charge in [-0.3, -0.25) is 4.79 Å². The maximum absolute atomic E-state index is 12.5. The second-order valence-electron chi connectivity index (χ2n) is 6.94. The summed E-state index contributed by atoms with van der Waals surface area (Å²) in [6, 6.07) is 2.39. The van der Waals surface area contributed by atoms with Crippen LogP contribution in [0.25, 0.3) is 11.0 Å². The third-order valence-electron chi connectivity index (χ3n) is 4.48. The maximum Gasteiger partial charge on any atom is 0.340 e. The normalized spacial score (nSPS) is 12.1. The summed E-state index contributed by atoms with van der Waals surface area (Å²) in [5.74, 6) is -0.860. The Labute approximate surface area is 162 Å². The molecule has 0 fully saturated rings. The van der Waals surface area contributed by atoms with Gasteiger partial charge < -0.3 is 24.3 Å². The van der Waals surface area contributed by atoms with Crippen LogP contribution in [0.15, 0.2) is 21.3 Å². The molecule has 1 aromatic carbocycles. The van der Waals surface area contributed by atoms with E-state index in [-0.39, 0.29) is 23.5 Å². The fourth-order valence-electron chi connectivity index (χ4n) is 3.07. The number of carbonyl (C=O) groups excluding carboxylic acids is 1. The van der Waals surface area contributed by atoms with Crippen LogP contribution in [0.4, 0.5) is 0 Å². The number of benzene rings is 1. The molecule has 8 heteroatoms. The number of hydrogen-bond acceptors (Lipinski definition) is 6. The SMILES string of the molecule is COc1ccc2c(C)c(CC(=O)N[C@H](CC(C)C)C(=O)O)c(=O)oc2c1OC. The van der Waals surface area contributed by atoms with Gasteiger partial charge in [-0.1, -0.05) is 13.8 Å². The molecule has 1 aromatic heterocycles. The van der Waals surface area contributed by atoms with E-state index in [1.54, 1.807) is 19.1 Å². The zero-order valence-electron chi connectivity index (χ0n) is 16.6. The Morgan fingerprint density at radius 2 is 1.89 bits per heavy atom. The van der Waals surface area contributed by atoms with Gasteiger partial charge in [-0.25, -0.2) is 9.59 Å². The van der Waals surface area contributed by atoms with Gasteiger partial charge in [0.25, 0.3) is 0 Å². The van der Waals surface area contributed by atoms with Crippen molar-refractivity contribution in [1.29, 1.82) is 0 Å². The summed E-state index contributed by atoms with van der Waals surface area (Å²) in [5.41, 5.74) is 0.295. The number of carboxylic acid groups (broad SMARTS) is 1. The zero-order valence-corrected chi connectivity index (χ0v) is 16.6. The molecule has 28 heavy (non-hydrogen) atoms. The number of fused-ring (bicyclic) bond motifs is 1. The van der Waals surface area contributed by atoms with E-state index in [1.165, 1.54) is 14.2 Å². The molecule has 1 amide bonds. The lowest BCUT2D eigenvalue weighted by atomic mass is 10.0. The number of nitrogens with one attached hydrogen (secondary N) is 1. The van der Waals surface area contributed by atoms with E-state index in [4.69, 9.17) is 13.9 Å². The van der Waals surface area contributed by atoms with Crippen LogP contribution < -0.4 is 20.4 Å². The van der Waals surface area contributed by atoms with Crippen molar-refractivity contribution in [2.45, 2.75) is 39.7 Å². The van der Waals surface area contributed by atoms with E-state index in [0.29, 0.717) is 28.9 Å². The number of amides is 1. The summed E-state index contributed by atoms with van der Waals surface area (Å²) < 4.78 is 15.9. The fourth-order valence-corrected chi connectivity index (χ4v) is 3.07. The molecular formula is C20H25NO7. The minimum absolute atomic E-state index is 0.0938. The Kier molecular flexibility index (Phi) is 6.66. The van der Waals surface area contributed by atoms with E-state index >= 15 is 0 Å². The van der Waals surface area contributed by atoms with Crippen LogP contribution in [0.3, 0.4) is 0 Å². The molecule has 0 saturated carbocycles. The van der Waals surface area contributed by atoms with Crippen molar-refractivity contribution >= 4 is 22.8 Å². The molecule has 1 heterocycles. The number of carboxylic acids is 1. The second kappa shape index (κ2) is 8.77. The van der Waals surface area contributed by atoms with Crippen molar-refractivity contribution in [2.75, 3.05) is 14.2 Å². The average molecular weight is 391 g/mol. The number of aryl methyl sites for hydroxylation is 1. The van der Waals surface area contributed by atoms with Gasteiger partial charge >= 0.3 is 11.6 Å². The molecule has 0 unspecified atom stereocenters. The monoisotopic (exact) mass is 391 g/mol. The first-order valence-electron chi connectivity index (χ1n) is 8.89. The minimum Gasteiger partial charge on any atom is -0.493 e. The molecular weight excluding hydrogens is 366 g/mol. The van der Waals surface area contributed by atoms with E-state index < -0.39 is 23.5 Å². The molecule has 0 bridgehead atoms. The highest BCUT2D eigenvalue weighted by Gasteiger charge is 2.24. The third kappa shape index (κ3) is 4.44. The Bertz CT molecular complexity index is 946. The highest BCUT2D eigenvalue weighted by Crippen LogP contribution is 2.36. The van der Waals surface area contributed by atoms with Crippen LogP contribution >= 0.6 is 0 Å². The van der Waals surface area contributed by atoms with Crippen molar-refractivity contribution < 1.29 is 28.6 Å². The number of rotatable bonds is 8. The molecule has 152 valence electrons. The molecule has 0 aliphatic heterocycles. The van der Waals surface area contributed by atoms with Crippen molar-refractivity contribution in [3.05, 3.63) is 33.7 Å². The Balaban J connectivity index is 2.39. The van der Waals surface area contributed by atoms with Crippen molar-refractivity contribution in [3.8, 4) is 11.5 Å². The zero-order chi connectivity index (χ0) is 21.0. The Morgan fingerprint density at radius 1 is 1.21 bits per heavy atom. The first-order valence-corrected chi connectivity index (χ1v) is 8.89. The molecule has 0 aliphatic rings. The molecule has 0 spiro atoms. The quantitative estimate of drug-likeness (QED) is 0.663.